The second-order valence-electron chi connectivity index (χ2n) is 4.51. The van der Waals surface area contributed by atoms with Crippen molar-refractivity contribution in [3.8, 4) is 5.75 Å². The lowest BCUT2D eigenvalue weighted by Gasteiger charge is -2.20. The van der Waals surface area contributed by atoms with Crippen molar-refractivity contribution < 1.29 is 9.13 Å². The van der Waals surface area contributed by atoms with Gasteiger partial charge >= 0.3 is 0 Å². The molecule has 2 aromatic rings. The van der Waals surface area contributed by atoms with Gasteiger partial charge in [0.25, 0.3) is 0 Å². The molecular weight excluding hydrogens is 323 g/mol. The lowest BCUT2D eigenvalue weighted by atomic mass is 9.97. The summed E-state index contributed by atoms with van der Waals surface area (Å²) < 4.78 is 20.1. The summed E-state index contributed by atoms with van der Waals surface area (Å²) in [7, 11) is 1.59. The fraction of sp³-hybridized carbons (Fsp3) is 0.200. The number of ether oxygens (including phenoxy) is 1. The number of hydrogen-bond acceptors (Lipinski definition) is 3. The minimum absolute atomic E-state index is 0.298. The molecule has 0 bridgehead atoms. The largest absolute Gasteiger partial charge is 0.497 e. The minimum atomic E-state index is -0.459. The van der Waals surface area contributed by atoms with Gasteiger partial charge in [-0.3, -0.25) is 5.84 Å². The topological polar surface area (TPSA) is 47.3 Å². The Morgan fingerprint density at radius 3 is 2.60 bits per heavy atom. The van der Waals surface area contributed by atoms with Crippen molar-refractivity contribution in [1.29, 1.82) is 0 Å². The summed E-state index contributed by atoms with van der Waals surface area (Å²) >= 11 is 3.47. The summed E-state index contributed by atoms with van der Waals surface area (Å²) in [6.07, 6.45) is 0. The van der Waals surface area contributed by atoms with Gasteiger partial charge < -0.3 is 4.74 Å². The Morgan fingerprint density at radius 2 is 1.95 bits per heavy atom. The SMILES string of the molecule is COc1ccc(Br)c(C(NN)c2cc(C)ccc2F)c1. The van der Waals surface area contributed by atoms with Crippen LogP contribution in [0.15, 0.2) is 40.9 Å². The third-order valence-electron chi connectivity index (χ3n) is 3.14. The van der Waals surface area contributed by atoms with Gasteiger partial charge in [-0.2, -0.15) is 0 Å². The maximum Gasteiger partial charge on any atom is 0.128 e. The number of aryl methyl sites for hydroxylation is 1. The fourth-order valence-corrected chi connectivity index (χ4v) is 2.58. The molecule has 0 spiro atoms. The molecule has 106 valence electrons. The van der Waals surface area contributed by atoms with Crippen molar-refractivity contribution in [2.45, 2.75) is 13.0 Å². The molecule has 0 saturated heterocycles. The van der Waals surface area contributed by atoms with Crippen LogP contribution in [0.4, 0.5) is 4.39 Å². The maximum atomic E-state index is 14.1. The predicted molar refractivity (Wildman–Crippen MR) is 81.0 cm³/mol. The molecule has 2 aromatic carbocycles. The van der Waals surface area contributed by atoms with Crippen LogP contribution in [0.5, 0.6) is 5.75 Å². The second-order valence-corrected chi connectivity index (χ2v) is 5.37. The van der Waals surface area contributed by atoms with Crippen molar-refractivity contribution in [3.05, 3.63) is 63.4 Å². The van der Waals surface area contributed by atoms with E-state index in [4.69, 9.17) is 10.6 Å². The Kier molecular flexibility index (Phi) is 4.75. The first kappa shape index (κ1) is 15.0. The lowest BCUT2D eigenvalue weighted by molar-refractivity contribution is 0.413. The maximum absolute atomic E-state index is 14.1. The van der Waals surface area contributed by atoms with Crippen LogP contribution in [0.25, 0.3) is 0 Å². The van der Waals surface area contributed by atoms with Crippen LogP contribution < -0.4 is 16.0 Å². The third-order valence-corrected chi connectivity index (χ3v) is 3.87. The average Bonchev–Trinajstić information content (AvgIpc) is 2.45. The van der Waals surface area contributed by atoms with Gasteiger partial charge in [-0.25, -0.2) is 9.82 Å². The van der Waals surface area contributed by atoms with E-state index < -0.39 is 6.04 Å². The molecule has 5 heteroatoms. The van der Waals surface area contributed by atoms with Crippen LogP contribution in [0.3, 0.4) is 0 Å². The smallest absolute Gasteiger partial charge is 0.128 e. The van der Waals surface area contributed by atoms with Crippen molar-refractivity contribution >= 4 is 15.9 Å². The quantitative estimate of drug-likeness (QED) is 0.663. The number of nitrogens with two attached hydrogens (primary N) is 1. The molecule has 1 unspecified atom stereocenters. The number of hydrazine groups is 1. The Labute approximate surface area is 126 Å². The van der Waals surface area contributed by atoms with Crippen molar-refractivity contribution in [2.75, 3.05) is 7.11 Å². The molecule has 0 heterocycles. The number of hydrogen-bond donors (Lipinski definition) is 2. The van der Waals surface area contributed by atoms with Crippen LogP contribution >= 0.6 is 15.9 Å². The number of halogens is 2. The van der Waals surface area contributed by atoms with Crippen molar-refractivity contribution in [1.82, 2.24) is 5.43 Å². The van der Waals surface area contributed by atoms with Gasteiger partial charge in [0, 0.05) is 10.0 Å². The van der Waals surface area contributed by atoms with E-state index in [1.807, 2.05) is 25.1 Å². The van der Waals surface area contributed by atoms with Crippen molar-refractivity contribution in [3.63, 3.8) is 0 Å². The molecule has 0 aromatic heterocycles. The van der Waals surface area contributed by atoms with Gasteiger partial charge in [-0.15, -0.1) is 0 Å². The molecule has 2 rings (SSSR count). The first-order valence-electron chi connectivity index (χ1n) is 6.12. The Morgan fingerprint density at radius 1 is 1.20 bits per heavy atom. The van der Waals surface area contributed by atoms with Gasteiger partial charge in [-0.1, -0.05) is 33.6 Å². The normalized spacial score (nSPS) is 12.2. The zero-order valence-electron chi connectivity index (χ0n) is 11.3. The molecule has 0 aliphatic heterocycles. The minimum Gasteiger partial charge on any atom is -0.497 e. The third kappa shape index (κ3) is 3.00. The Balaban J connectivity index is 2.54. The number of benzene rings is 2. The summed E-state index contributed by atoms with van der Waals surface area (Å²) in [5, 5.41) is 0. The van der Waals surface area contributed by atoms with E-state index in [2.05, 4.69) is 21.4 Å². The van der Waals surface area contributed by atoms with Crippen LogP contribution in [-0.4, -0.2) is 7.11 Å². The van der Waals surface area contributed by atoms with E-state index in [1.54, 1.807) is 19.2 Å². The van der Waals surface area contributed by atoms with Crippen molar-refractivity contribution in [2.24, 2.45) is 5.84 Å². The van der Waals surface area contributed by atoms with Gasteiger partial charge in [-0.05, 0) is 36.8 Å². The standard InChI is InChI=1S/C15H16BrFN2O/c1-9-3-6-14(17)12(7-9)15(19-18)11-8-10(20-2)4-5-13(11)16/h3-8,15,19H,18H2,1-2H3. The lowest BCUT2D eigenvalue weighted by Crippen LogP contribution is -2.30. The molecule has 1 atom stereocenters. The van der Waals surface area contributed by atoms with E-state index in [1.165, 1.54) is 6.07 Å². The predicted octanol–water partition coefficient (Wildman–Crippen LogP) is 3.46. The molecule has 0 radical (unpaired) electrons. The summed E-state index contributed by atoms with van der Waals surface area (Å²) in [4.78, 5) is 0. The molecule has 3 N–H and O–H groups in total. The molecule has 0 saturated carbocycles. The average molecular weight is 339 g/mol. The van der Waals surface area contributed by atoms with Gasteiger partial charge in [0.05, 0.1) is 13.2 Å². The van der Waals surface area contributed by atoms with Crippen LogP contribution in [0.2, 0.25) is 0 Å². The zero-order valence-corrected chi connectivity index (χ0v) is 12.9. The summed E-state index contributed by atoms with van der Waals surface area (Å²) in [5.74, 6) is 6.03. The van der Waals surface area contributed by atoms with E-state index in [-0.39, 0.29) is 5.82 Å². The molecule has 0 fully saturated rings. The Bertz CT molecular complexity index is 619. The zero-order chi connectivity index (χ0) is 14.7. The fourth-order valence-electron chi connectivity index (χ4n) is 2.10. The number of rotatable bonds is 4. The highest BCUT2D eigenvalue weighted by molar-refractivity contribution is 9.10. The van der Waals surface area contributed by atoms with Gasteiger partial charge in [0.1, 0.15) is 11.6 Å². The van der Waals surface area contributed by atoms with E-state index >= 15 is 0 Å². The van der Waals surface area contributed by atoms with Gasteiger partial charge in [0.15, 0.2) is 0 Å². The number of methoxy groups -OCH3 is 1. The molecular formula is C15H16BrFN2O. The number of nitrogens with one attached hydrogen (secondary N) is 1. The molecule has 0 amide bonds. The van der Waals surface area contributed by atoms with Crippen LogP contribution in [0.1, 0.15) is 22.7 Å². The summed E-state index contributed by atoms with van der Waals surface area (Å²) in [5.41, 5.74) is 4.96. The van der Waals surface area contributed by atoms with Gasteiger partial charge in [0.2, 0.25) is 0 Å². The molecule has 0 aliphatic rings. The van der Waals surface area contributed by atoms with Crippen LogP contribution in [0, 0.1) is 12.7 Å². The second kappa shape index (κ2) is 6.35. The van der Waals surface area contributed by atoms with E-state index in [0.29, 0.717) is 11.3 Å². The Hall–Kier alpha value is -1.43. The highest BCUT2D eigenvalue weighted by Crippen LogP contribution is 2.32. The van der Waals surface area contributed by atoms with E-state index in [9.17, 15) is 4.39 Å². The highest BCUT2D eigenvalue weighted by atomic mass is 79.9. The first-order valence-corrected chi connectivity index (χ1v) is 6.91. The highest BCUT2D eigenvalue weighted by Gasteiger charge is 2.19. The summed E-state index contributed by atoms with van der Waals surface area (Å²) in [6.45, 7) is 1.91. The molecule has 0 aliphatic carbocycles. The molecule has 20 heavy (non-hydrogen) atoms. The summed E-state index contributed by atoms with van der Waals surface area (Å²) in [6, 6.07) is 10.0. The van der Waals surface area contributed by atoms with E-state index in [0.717, 1.165) is 15.6 Å². The monoisotopic (exact) mass is 338 g/mol. The van der Waals surface area contributed by atoms with Crippen LogP contribution in [-0.2, 0) is 0 Å². The first-order chi connectivity index (χ1) is 9.56. The molecule has 3 nitrogen and oxygen atoms in total.